The van der Waals surface area contributed by atoms with E-state index in [4.69, 9.17) is 9.15 Å². The fourth-order valence-corrected chi connectivity index (χ4v) is 5.41. The fourth-order valence-electron chi connectivity index (χ4n) is 3.81. The van der Waals surface area contributed by atoms with Gasteiger partial charge in [0.1, 0.15) is 10.5 Å². The van der Waals surface area contributed by atoms with E-state index in [1.165, 1.54) is 16.6 Å². The minimum atomic E-state index is -3.59. The molecule has 1 aromatic carbocycles. The van der Waals surface area contributed by atoms with Crippen molar-refractivity contribution in [3.05, 3.63) is 60.1 Å². The highest BCUT2D eigenvalue weighted by Gasteiger charge is 2.45. The highest BCUT2D eigenvalue weighted by atomic mass is 32.2. The zero-order chi connectivity index (χ0) is 20.0. The number of hydrogen-bond donors (Lipinski definition) is 1. The number of pyridine rings is 1. The van der Waals surface area contributed by atoms with E-state index in [9.17, 15) is 13.2 Å². The van der Waals surface area contributed by atoms with Gasteiger partial charge >= 0.3 is 0 Å². The third-order valence-electron chi connectivity index (χ3n) is 5.33. The molecule has 2 bridgehead atoms. The Morgan fingerprint density at radius 3 is 2.79 bits per heavy atom. The molecule has 2 aliphatic heterocycles. The molecule has 0 saturated carbocycles. The smallest absolute Gasteiger partial charge is 0.287 e. The second kappa shape index (κ2) is 6.94. The number of nitrogens with one attached hydrogen (secondary N) is 1. The number of furan rings is 1. The number of carbonyl (C=O) groups is 1. The average molecular weight is 413 g/mol. The second-order valence-electron chi connectivity index (χ2n) is 7.24. The van der Waals surface area contributed by atoms with Crippen molar-refractivity contribution in [2.24, 2.45) is 0 Å². The van der Waals surface area contributed by atoms with Gasteiger partial charge in [0.15, 0.2) is 5.76 Å². The molecule has 2 aromatic heterocycles. The summed E-state index contributed by atoms with van der Waals surface area (Å²) in [6, 6.07) is 12.1. The van der Waals surface area contributed by atoms with Crippen LogP contribution >= 0.6 is 0 Å². The van der Waals surface area contributed by atoms with Gasteiger partial charge < -0.3 is 14.5 Å². The third kappa shape index (κ3) is 3.31. The van der Waals surface area contributed by atoms with Crippen molar-refractivity contribution >= 4 is 26.9 Å². The number of amides is 1. The standard InChI is InChI=1S/C20H19N3O5S/c24-20(19-7-13-3-1-2-4-18(13)28-19)22-9-14-5-6-17(10-21-14)29(25,26)23-11-16-8-15(23)12-27-16/h1-7,10,15-16H,8-9,11-12H2,(H,22,24). The van der Waals surface area contributed by atoms with Gasteiger partial charge in [-0.2, -0.15) is 4.31 Å². The predicted octanol–water partition coefficient (Wildman–Crippen LogP) is 1.92. The van der Waals surface area contributed by atoms with Crippen molar-refractivity contribution < 1.29 is 22.4 Å². The van der Waals surface area contributed by atoms with Crippen LogP contribution < -0.4 is 5.32 Å². The molecule has 1 amide bonds. The SMILES string of the molecule is O=C(NCc1ccc(S(=O)(=O)N2CC3CC2CO3)cn1)c1cc2ccccc2o1. The Kier molecular flexibility index (Phi) is 4.38. The maximum absolute atomic E-state index is 12.8. The molecule has 29 heavy (non-hydrogen) atoms. The highest BCUT2D eigenvalue weighted by molar-refractivity contribution is 7.89. The molecule has 2 atom stereocenters. The summed E-state index contributed by atoms with van der Waals surface area (Å²) in [7, 11) is -3.59. The number of ether oxygens (including phenoxy) is 1. The van der Waals surface area contributed by atoms with Crippen LogP contribution in [0.4, 0.5) is 0 Å². The Balaban J connectivity index is 1.25. The first-order chi connectivity index (χ1) is 14.0. The van der Waals surface area contributed by atoms with Crippen LogP contribution in [0.1, 0.15) is 22.7 Å². The summed E-state index contributed by atoms with van der Waals surface area (Å²) in [5, 5.41) is 3.59. The molecule has 3 aromatic rings. The molecule has 2 unspecified atom stereocenters. The molecule has 1 N–H and O–H groups in total. The van der Waals surface area contributed by atoms with Crippen LogP contribution in [0.25, 0.3) is 11.0 Å². The number of fused-ring (bicyclic) bond motifs is 3. The lowest BCUT2D eigenvalue weighted by Crippen LogP contribution is -2.41. The maximum atomic E-state index is 12.8. The normalized spacial score (nSPS) is 21.7. The fraction of sp³-hybridized carbons (Fsp3) is 0.300. The summed E-state index contributed by atoms with van der Waals surface area (Å²) in [5.41, 5.74) is 1.20. The van der Waals surface area contributed by atoms with E-state index in [0.29, 0.717) is 24.4 Å². The lowest BCUT2D eigenvalue weighted by atomic mass is 10.2. The van der Waals surface area contributed by atoms with E-state index in [0.717, 1.165) is 11.8 Å². The minimum Gasteiger partial charge on any atom is -0.451 e. The monoisotopic (exact) mass is 413 g/mol. The van der Waals surface area contributed by atoms with E-state index in [1.807, 2.05) is 18.2 Å². The van der Waals surface area contributed by atoms with Crippen LogP contribution in [-0.2, 0) is 21.3 Å². The van der Waals surface area contributed by atoms with Gasteiger partial charge in [-0.1, -0.05) is 18.2 Å². The summed E-state index contributed by atoms with van der Waals surface area (Å²) in [6.07, 6.45) is 2.08. The first kappa shape index (κ1) is 18.3. The predicted molar refractivity (Wildman–Crippen MR) is 104 cm³/mol. The van der Waals surface area contributed by atoms with Gasteiger partial charge in [0, 0.05) is 18.1 Å². The maximum Gasteiger partial charge on any atom is 0.287 e. The summed E-state index contributed by atoms with van der Waals surface area (Å²) >= 11 is 0. The van der Waals surface area contributed by atoms with Gasteiger partial charge in [-0.3, -0.25) is 9.78 Å². The number of aromatic nitrogens is 1. The quantitative estimate of drug-likeness (QED) is 0.686. The Hall–Kier alpha value is -2.75. The molecule has 4 heterocycles. The van der Waals surface area contributed by atoms with Crippen molar-refractivity contribution in [2.45, 2.75) is 30.0 Å². The van der Waals surface area contributed by atoms with Crippen LogP contribution in [0.15, 0.2) is 58.0 Å². The summed E-state index contributed by atoms with van der Waals surface area (Å²) in [5.74, 6) is -0.135. The van der Waals surface area contributed by atoms with Crippen LogP contribution in [0.3, 0.4) is 0 Å². The van der Waals surface area contributed by atoms with Gasteiger partial charge in [-0.25, -0.2) is 8.42 Å². The average Bonchev–Trinajstić information content (AvgIpc) is 3.47. The van der Waals surface area contributed by atoms with E-state index < -0.39 is 10.0 Å². The second-order valence-corrected chi connectivity index (χ2v) is 9.13. The largest absolute Gasteiger partial charge is 0.451 e. The van der Waals surface area contributed by atoms with E-state index in [1.54, 1.807) is 18.2 Å². The number of sulfonamides is 1. The van der Waals surface area contributed by atoms with Gasteiger partial charge in [0.05, 0.1) is 31.0 Å². The van der Waals surface area contributed by atoms with Crippen LogP contribution in [-0.4, -0.2) is 48.9 Å². The number of morpholine rings is 1. The Bertz CT molecular complexity index is 1140. The minimum absolute atomic E-state index is 0.00420. The zero-order valence-corrected chi connectivity index (χ0v) is 16.3. The van der Waals surface area contributed by atoms with Crippen molar-refractivity contribution in [3.63, 3.8) is 0 Å². The topological polar surface area (TPSA) is 102 Å². The van der Waals surface area contributed by atoms with Crippen molar-refractivity contribution in [3.8, 4) is 0 Å². The lowest BCUT2D eigenvalue weighted by Gasteiger charge is -2.25. The first-order valence-corrected chi connectivity index (χ1v) is 10.8. The van der Waals surface area contributed by atoms with Crippen LogP contribution in [0, 0.1) is 0 Å². The lowest BCUT2D eigenvalue weighted by molar-refractivity contribution is 0.0608. The molecule has 0 aliphatic carbocycles. The molecule has 8 nitrogen and oxygen atoms in total. The van der Waals surface area contributed by atoms with E-state index in [2.05, 4.69) is 10.3 Å². The molecule has 2 fully saturated rings. The van der Waals surface area contributed by atoms with Crippen molar-refractivity contribution in [1.82, 2.24) is 14.6 Å². The Labute approximate surface area is 167 Å². The summed E-state index contributed by atoms with van der Waals surface area (Å²) in [4.78, 5) is 16.7. The third-order valence-corrected chi connectivity index (χ3v) is 7.24. The van der Waals surface area contributed by atoms with E-state index >= 15 is 0 Å². The molecule has 9 heteroatoms. The van der Waals surface area contributed by atoms with Crippen molar-refractivity contribution in [1.29, 1.82) is 0 Å². The molecule has 150 valence electrons. The molecule has 0 spiro atoms. The van der Waals surface area contributed by atoms with Gasteiger partial charge in [-0.05, 0) is 30.7 Å². The van der Waals surface area contributed by atoms with Gasteiger partial charge in [0.25, 0.3) is 5.91 Å². The molecular formula is C20H19N3O5S. The Morgan fingerprint density at radius 1 is 1.24 bits per heavy atom. The first-order valence-electron chi connectivity index (χ1n) is 9.36. The van der Waals surface area contributed by atoms with Gasteiger partial charge in [0.2, 0.25) is 10.0 Å². The number of benzene rings is 1. The van der Waals surface area contributed by atoms with Crippen LogP contribution in [0.2, 0.25) is 0 Å². The van der Waals surface area contributed by atoms with Crippen LogP contribution in [0.5, 0.6) is 0 Å². The number of nitrogens with zero attached hydrogens (tertiary/aromatic N) is 2. The molecule has 2 aliphatic rings. The zero-order valence-electron chi connectivity index (χ0n) is 15.4. The molecule has 0 radical (unpaired) electrons. The Morgan fingerprint density at radius 2 is 2.10 bits per heavy atom. The van der Waals surface area contributed by atoms with Crippen molar-refractivity contribution in [2.75, 3.05) is 13.2 Å². The van der Waals surface area contributed by atoms with E-state index in [-0.39, 0.29) is 35.3 Å². The number of rotatable bonds is 5. The molecule has 5 rings (SSSR count). The number of hydrogen-bond acceptors (Lipinski definition) is 6. The molecule has 2 saturated heterocycles. The number of para-hydroxylation sites is 1. The highest BCUT2D eigenvalue weighted by Crippen LogP contribution is 2.32. The van der Waals surface area contributed by atoms with Gasteiger partial charge in [-0.15, -0.1) is 0 Å². The molecular weight excluding hydrogens is 394 g/mol. The number of carbonyl (C=O) groups excluding carboxylic acids is 1. The summed E-state index contributed by atoms with van der Waals surface area (Å²) in [6.45, 7) is 1.00. The summed E-state index contributed by atoms with van der Waals surface area (Å²) < 4.78 is 38.1.